The van der Waals surface area contributed by atoms with Crippen LogP contribution in [0.15, 0.2) is 6.20 Å². The van der Waals surface area contributed by atoms with E-state index in [1.807, 2.05) is 0 Å². The highest BCUT2D eigenvalue weighted by Gasteiger charge is 2.36. The van der Waals surface area contributed by atoms with Crippen LogP contribution in [-0.4, -0.2) is 9.97 Å². The van der Waals surface area contributed by atoms with E-state index in [2.05, 4.69) is 22.6 Å². The predicted octanol–water partition coefficient (Wildman–Crippen LogP) is 2.07. The summed E-state index contributed by atoms with van der Waals surface area (Å²) in [6.07, 6.45) is -3.48. The highest BCUT2D eigenvalue weighted by atomic mass is 32.1. The molecule has 0 amide bonds. The van der Waals surface area contributed by atoms with E-state index in [9.17, 15) is 13.2 Å². The minimum Gasteiger partial charge on any atom is -0.368 e. The van der Waals surface area contributed by atoms with E-state index in [4.69, 9.17) is 5.73 Å². The molecule has 0 aliphatic rings. The van der Waals surface area contributed by atoms with Crippen LogP contribution < -0.4 is 5.73 Å². The smallest absolute Gasteiger partial charge is 0.368 e. The summed E-state index contributed by atoms with van der Waals surface area (Å²) in [7, 11) is 0. The van der Waals surface area contributed by atoms with Gasteiger partial charge in [0.05, 0.1) is 0 Å². The summed E-state index contributed by atoms with van der Waals surface area (Å²) in [6.45, 7) is 1.51. The monoisotopic (exact) mass is 223 g/mol. The molecule has 0 aliphatic heterocycles. The van der Waals surface area contributed by atoms with Crippen molar-refractivity contribution >= 4 is 18.6 Å². The van der Waals surface area contributed by atoms with Crippen molar-refractivity contribution in [2.75, 3.05) is 5.73 Å². The van der Waals surface area contributed by atoms with Gasteiger partial charge < -0.3 is 5.73 Å². The fraction of sp³-hybridized carbons (Fsp3) is 0.429. The molecule has 78 valence electrons. The molecule has 1 heterocycles. The highest BCUT2D eigenvalue weighted by molar-refractivity contribution is 7.80. The number of nitrogen functional groups attached to an aromatic ring is 1. The zero-order valence-electron chi connectivity index (χ0n) is 7.21. The molecule has 1 unspecified atom stereocenters. The molecule has 0 saturated heterocycles. The normalized spacial score (nSPS) is 14.1. The van der Waals surface area contributed by atoms with Crippen LogP contribution >= 0.6 is 12.6 Å². The molecule has 0 fully saturated rings. The van der Waals surface area contributed by atoms with E-state index in [0.29, 0.717) is 0 Å². The number of alkyl halides is 3. The third-order valence-corrected chi connectivity index (χ3v) is 1.83. The summed E-state index contributed by atoms with van der Waals surface area (Å²) in [4.78, 5) is 6.65. The average Bonchev–Trinajstić information content (AvgIpc) is 2.01. The van der Waals surface area contributed by atoms with Crippen LogP contribution in [0.1, 0.15) is 23.4 Å². The molecule has 3 nitrogen and oxygen atoms in total. The van der Waals surface area contributed by atoms with E-state index >= 15 is 0 Å². The summed E-state index contributed by atoms with van der Waals surface area (Å²) in [5.74, 6) is -0.393. The van der Waals surface area contributed by atoms with Gasteiger partial charge in [-0.1, -0.05) is 0 Å². The van der Waals surface area contributed by atoms with E-state index in [0.717, 1.165) is 6.20 Å². The molecule has 1 aromatic rings. The zero-order valence-corrected chi connectivity index (χ0v) is 8.10. The number of nitrogens with zero attached hydrogens (tertiary/aromatic N) is 2. The van der Waals surface area contributed by atoms with Crippen LogP contribution in [0.5, 0.6) is 0 Å². The van der Waals surface area contributed by atoms with Gasteiger partial charge in [-0.2, -0.15) is 25.8 Å². The number of hydrogen-bond donors (Lipinski definition) is 2. The van der Waals surface area contributed by atoms with Gasteiger partial charge in [-0.15, -0.1) is 0 Å². The molecule has 1 atom stereocenters. The lowest BCUT2D eigenvalue weighted by Crippen LogP contribution is -2.14. The Morgan fingerprint density at radius 2 is 2.07 bits per heavy atom. The van der Waals surface area contributed by atoms with Crippen LogP contribution in [0, 0.1) is 0 Å². The first-order chi connectivity index (χ1) is 6.32. The number of aromatic nitrogens is 2. The first kappa shape index (κ1) is 11.1. The van der Waals surface area contributed by atoms with Crippen LogP contribution in [-0.2, 0) is 6.18 Å². The predicted molar refractivity (Wildman–Crippen MR) is 48.8 cm³/mol. The Hall–Kier alpha value is -0.980. The van der Waals surface area contributed by atoms with Gasteiger partial charge in [-0.25, -0.2) is 9.97 Å². The maximum atomic E-state index is 12.4. The molecule has 1 aromatic heterocycles. The van der Waals surface area contributed by atoms with Gasteiger partial charge in [0.25, 0.3) is 0 Å². The summed E-state index contributed by atoms with van der Waals surface area (Å²) in [5.41, 5.74) is 3.98. The van der Waals surface area contributed by atoms with Crippen molar-refractivity contribution in [1.82, 2.24) is 9.97 Å². The standard InChI is InChI=1S/C7H8F3N3S/c1-3(14)4-2-12-6(11)13-5(4)7(8,9)10/h2-3,14H,1H3,(H2,11,12,13). The lowest BCUT2D eigenvalue weighted by Gasteiger charge is -2.13. The molecular formula is C7H8F3N3S. The Morgan fingerprint density at radius 1 is 1.50 bits per heavy atom. The summed E-state index contributed by atoms with van der Waals surface area (Å²) in [5, 5.41) is -0.591. The average molecular weight is 223 g/mol. The molecule has 0 aromatic carbocycles. The van der Waals surface area contributed by atoms with Crippen molar-refractivity contribution < 1.29 is 13.2 Å². The van der Waals surface area contributed by atoms with Crippen LogP contribution in [0.25, 0.3) is 0 Å². The van der Waals surface area contributed by atoms with E-state index in [1.54, 1.807) is 0 Å². The minimum absolute atomic E-state index is 0.0740. The first-order valence-corrected chi connectivity index (χ1v) is 4.21. The van der Waals surface area contributed by atoms with Crippen LogP contribution in [0.2, 0.25) is 0 Å². The van der Waals surface area contributed by atoms with Crippen LogP contribution in [0.4, 0.5) is 19.1 Å². The molecule has 0 radical (unpaired) electrons. The third kappa shape index (κ3) is 2.28. The topological polar surface area (TPSA) is 51.8 Å². The Balaban J connectivity index is 3.30. The Labute approximate surface area is 84.0 Å². The molecule has 14 heavy (non-hydrogen) atoms. The fourth-order valence-electron chi connectivity index (χ4n) is 0.938. The van der Waals surface area contributed by atoms with Crippen molar-refractivity contribution in [1.29, 1.82) is 0 Å². The van der Waals surface area contributed by atoms with Gasteiger partial charge in [0.2, 0.25) is 5.95 Å². The molecule has 0 saturated carbocycles. The van der Waals surface area contributed by atoms with Crippen molar-refractivity contribution in [3.05, 3.63) is 17.5 Å². The number of rotatable bonds is 1. The van der Waals surface area contributed by atoms with E-state index in [1.165, 1.54) is 6.92 Å². The number of anilines is 1. The maximum absolute atomic E-state index is 12.4. The Morgan fingerprint density at radius 3 is 2.50 bits per heavy atom. The molecule has 0 spiro atoms. The molecule has 2 N–H and O–H groups in total. The first-order valence-electron chi connectivity index (χ1n) is 3.70. The summed E-state index contributed by atoms with van der Waals surface area (Å²) >= 11 is 3.90. The third-order valence-electron chi connectivity index (χ3n) is 1.55. The molecule has 0 bridgehead atoms. The highest BCUT2D eigenvalue weighted by Crippen LogP contribution is 2.34. The number of halogens is 3. The van der Waals surface area contributed by atoms with Crippen molar-refractivity contribution in [3.63, 3.8) is 0 Å². The van der Waals surface area contributed by atoms with Crippen molar-refractivity contribution in [2.45, 2.75) is 18.3 Å². The van der Waals surface area contributed by atoms with Gasteiger partial charge in [0.15, 0.2) is 5.69 Å². The fourth-order valence-corrected chi connectivity index (χ4v) is 1.13. The number of hydrogen-bond acceptors (Lipinski definition) is 4. The minimum atomic E-state index is -4.52. The SMILES string of the molecule is CC(S)c1cnc(N)nc1C(F)(F)F. The zero-order chi connectivity index (χ0) is 10.9. The van der Waals surface area contributed by atoms with Gasteiger partial charge in [-0.3, -0.25) is 0 Å². The van der Waals surface area contributed by atoms with Crippen LogP contribution in [0.3, 0.4) is 0 Å². The largest absolute Gasteiger partial charge is 0.433 e. The Bertz CT molecular complexity index is 337. The van der Waals surface area contributed by atoms with Gasteiger partial charge in [-0.05, 0) is 6.92 Å². The quantitative estimate of drug-likeness (QED) is 0.716. The van der Waals surface area contributed by atoms with E-state index in [-0.39, 0.29) is 5.56 Å². The lowest BCUT2D eigenvalue weighted by atomic mass is 10.2. The molecule has 1 rings (SSSR count). The number of nitrogens with two attached hydrogens (primary N) is 1. The summed E-state index contributed by atoms with van der Waals surface area (Å²) < 4.78 is 37.2. The molecule has 0 aliphatic carbocycles. The second kappa shape index (κ2) is 3.64. The number of thiol groups is 1. The Kier molecular flexibility index (Phi) is 2.89. The van der Waals surface area contributed by atoms with Gasteiger partial charge in [0.1, 0.15) is 0 Å². The van der Waals surface area contributed by atoms with Crippen molar-refractivity contribution in [3.8, 4) is 0 Å². The maximum Gasteiger partial charge on any atom is 0.433 e. The molecular weight excluding hydrogens is 215 g/mol. The van der Waals surface area contributed by atoms with Crippen molar-refractivity contribution in [2.24, 2.45) is 0 Å². The van der Waals surface area contributed by atoms with Gasteiger partial charge >= 0.3 is 6.18 Å². The van der Waals surface area contributed by atoms with E-state index < -0.39 is 23.1 Å². The van der Waals surface area contributed by atoms with Gasteiger partial charge in [0, 0.05) is 17.0 Å². The lowest BCUT2D eigenvalue weighted by molar-refractivity contribution is -0.141. The second-order valence-corrected chi connectivity index (χ2v) is 3.48. The second-order valence-electron chi connectivity index (χ2n) is 2.71. The molecule has 7 heteroatoms. The summed E-state index contributed by atoms with van der Waals surface area (Å²) in [6, 6.07) is 0.